The second kappa shape index (κ2) is 5.92. The molecule has 0 saturated carbocycles. The van der Waals surface area contributed by atoms with Crippen LogP contribution in [0.2, 0.25) is 0 Å². The van der Waals surface area contributed by atoms with Gasteiger partial charge in [0, 0.05) is 53.5 Å². The molecule has 1 aromatic rings. The van der Waals surface area contributed by atoms with Gasteiger partial charge in [-0.15, -0.1) is 0 Å². The van der Waals surface area contributed by atoms with E-state index in [4.69, 9.17) is 0 Å². The van der Waals surface area contributed by atoms with Crippen molar-refractivity contribution in [1.82, 2.24) is 15.3 Å². The number of nitrogens with zero attached hydrogens (tertiary/aromatic N) is 2. The molecule has 5 heteroatoms. The van der Waals surface area contributed by atoms with Gasteiger partial charge in [-0.1, -0.05) is 0 Å². The van der Waals surface area contributed by atoms with E-state index in [2.05, 4.69) is 15.3 Å². The summed E-state index contributed by atoms with van der Waals surface area (Å²) in [4.78, 5) is 8.22. The Morgan fingerprint density at radius 2 is 2.20 bits per heavy atom. The molecule has 0 aliphatic heterocycles. The minimum Gasteiger partial charge on any atom is -0.305 e. The van der Waals surface area contributed by atoms with Crippen LogP contribution in [0.1, 0.15) is 25.6 Å². The third kappa shape index (κ3) is 4.48. The van der Waals surface area contributed by atoms with Crippen LogP contribution in [0.5, 0.6) is 0 Å². The average Bonchev–Trinajstić information content (AvgIpc) is 2.17. The maximum absolute atomic E-state index is 11.0. The Bertz CT molecular complexity index is 318. The molecule has 3 atom stereocenters. The van der Waals surface area contributed by atoms with E-state index in [1.165, 1.54) is 0 Å². The molecular weight excluding hydrogens is 210 g/mol. The van der Waals surface area contributed by atoms with Crippen LogP contribution in [0, 0.1) is 0 Å². The summed E-state index contributed by atoms with van der Waals surface area (Å²) in [6, 6.07) is 0.352. The van der Waals surface area contributed by atoms with Crippen LogP contribution in [0.15, 0.2) is 18.6 Å². The first-order valence-corrected chi connectivity index (χ1v) is 6.64. The van der Waals surface area contributed by atoms with Crippen LogP contribution in [0.4, 0.5) is 0 Å². The van der Waals surface area contributed by atoms with Crippen molar-refractivity contribution in [2.45, 2.75) is 25.9 Å². The Labute approximate surface area is 93.0 Å². The third-order valence-electron chi connectivity index (χ3n) is 2.05. The minimum atomic E-state index is -0.767. The molecule has 0 aliphatic rings. The van der Waals surface area contributed by atoms with Crippen molar-refractivity contribution in [3.8, 4) is 0 Å². The third-order valence-corrected chi connectivity index (χ3v) is 3.02. The van der Waals surface area contributed by atoms with Crippen molar-refractivity contribution in [2.75, 3.05) is 12.0 Å². The first-order chi connectivity index (χ1) is 7.09. The molecule has 1 N–H and O–H groups in total. The lowest BCUT2D eigenvalue weighted by molar-refractivity contribution is 0.498. The largest absolute Gasteiger partial charge is 0.305 e. The van der Waals surface area contributed by atoms with Gasteiger partial charge >= 0.3 is 0 Å². The van der Waals surface area contributed by atoms with Crippen molar-refractivity contribution in [1.29, 1.82) is 0 Å². The van der Waals surface area contributed by atoms with Gasteiger partial charge in [0.25, 0.3) is 0 Å². The molecule has 1 rings (SSSR count). The molecule has 0 amide bonds. The maximum Gasteiger partial charge on any atom is 0.0753 e. The van der Waals surface area contributed by atoms with E-state index in [1.807, 2.05) is 13.8 Å². The molecule has 0 fully saturated rings. The fraction of sp³-hybridized carbons (Fsp3) is 0.600. The molecule has 0 aliphatic carbocycles. The summed E-state index contributed by atoms with van der Waals surface area (Å²) in [6.45, 7) is 4.05. The number of nitrogens with one attached hydrogen (secondary N) is 1. The predicted octanol–water partition coefficient (Wildman–Crippen LogP) is 0.894. The summed E-state index contributed by atoms with van der Waals surface area (Å²) in [7, 11) is -0.767. The van der Waals surface area contributed by atoms with Gasteiger partial charge in [-0.05, 0) is 13.8 Å². The van der Waals surface area contributed by atoms with Gasteiger partial charge < -0.3 is 5.32 Å². The molecule has 15 heavy (non-hydrogen) atoms. The first-order valence-electron chi connectivity index (χ1n) is 4.91. The average molecular weight is 227 g/mol. The Balaban J connectivity index is 2.49. The topological polar surface area (TPSA) is 54.9 Å². The van der Waals surface area contributed by atoms with E-state index in [0.717, 1.165) is 5.69 Å². The van der Waals surface area contributed by atoms with E-state index in [1.54, 1.807) is 24.8 Å². The van der Waals surface area contributed by atoms with Crippen LogP contribution in [0.25, 0.3) is 0 Å². The molecule has 0 aromatic carbocycles. The van der Waals surface area contributed by atoms with Crippen LogP contribution in [0.3, 0.4) is 0 Å². The molecule has 3 unspecified atom stereocenters. The standard InChI is InChI=1S/C10H17N3OS/c1-8(7-15(3)14)13-9(2)10-6-11-4-5-12-10/h4-6,8-9,13H,7H2,1-3H3. The lowest BCUT2D eigenvalue weighted by Crippen LogP contribution is -2.33. The summed E-state index contributed by atoms with van der Waals surface area (Å²) in [5, 5.41) is 3.33. The van der Waals surface area contributed by atoms with Crippen molar-refractivity contribution in [3.63, 3.8) is 0 Å². The molecule has 1 heterocycles. The van der Waals surface area contributed by atoms with Crippen molar-refractivity contribution in [3.05, 3.63) is 24.3 Å². The quantitative estimate of drug-likeness (QED) is 0.812. The first kappa shape index (κ1) is 12.3. The second-order valence-corrected chi connectivity index (χ2v) is 5.14. The lowest BCUT2D eigenvalue weighted by Gasteiger charge is -2.18. The van der Waals surface area contributed by atoms with E-state index in [0.29, 0.717) is 5.75 Å². The molecule has 0 saturated heterocycles. The Morgan fingerprint density at radius 1 is 1.47 bits per heavy atom. The molecule has 1 aromatic heterocycles. The van der Waals surface area contributed by atoms with Gasteiger partial charge in [0.2, 0.25) is 0 Å². The summed E-state index contributed by atoms with van der Waals surface area (Å²) >= 11 is 0. The van der Waals surface area contributed by atoms with Gasteiger partial charge in [0.1, 0.15) is 0 Å². The summed E-state index contributed by atoms with van der Waals surface area (Å²) < 4.78 is 11.0. The fourth-order valence-electron chi connectivity index (χ4n) is 1.45. The number of rotatable bonds is 5. The zero-order chi connectivity index (χ0) is 11.3. The molecule has 0 spiro atoms. The maximum atomic E-state index is 11.0. The van der Waals surface area contributed by atoms with Gasteiger partial charge in [-0.3, -0.25) is 14.2 Å². The van der Waals surface area contributed by atoms with Gasteiger partial charge in [0.15, 0.2) is 0 Å². The number of hydrogen-bond acceptors (Lipinski definition) is 4. The Morgan fingerprint density at radius 3 is 2.73 bits per heavy atom. The normalized spacial score (nSPS) is 17.0. The van der Waals surface area contributed by atoms with Gasteiger partial charge in [-0.25, -0.2) is 0 Å². The number of aromatic nitrogens is 2. The monoisotopic (exact) mass is 227 g/mol. The fourth-order valence-corrected chi connectivity index (χ4v) is 2.25. The predicted molar refractivity (Wildman–Crippen MR) is 62.0 cm³/mol. The van der Waals surface area contributed by atoms with E-state index < -0.39 is 10.8 Å². The summed E-state index contributed by atoms with van der Waals surface area (Å²) in [6.07, 6.45) is 6.79. The summed E-state index contributed by atoms with van der Waals surface area (Å²) in [5.74, 6) is 0.657. The van der Waals surface area contributed by atoms with Crippen LogP contribution in [-0.4, -0.2) is 32.2 Å². The molecule has 4 nitrogen and oxygen atoms in total. The Hall–Kier alpha value is -0.810. The second-order valence-electron chi connectivity index (χ2n) is 3.66. The zero-order valence-corrected chi connectivity index (χ0v) is 10.1. The lowest BCUT2D eigenvalue weighted by atomic mass is 10.2. The Kier molecular flexibility index (Phi) is 4.84. The van der Waals surface area contributed by atoms with E-state index in [9.17, 15) is 4.21 Å². The molecule has 84 valence electrons. The number of hydrogen-bond donors (Lipinski definition) is 1. The van der Waals surface area contributed by atoms with Gasteiger partial charge in [-0.2, -0.15) is 0 Å². The minimum absolute atomic E-state index is 0.136. The van der Waals surface area contributed by atoms with Crippen LogP contribution < -0.4 is 5.32 Å². The summed E-state index contributed by atoms with van der Waals surface area (Å²) in [5.41, 5.74) is 0.909. The molecule has 0 bridgehead atoms. The van der Waals surface area contributed by atoms with Gasteiger partial charge in [0.05, 0.1) is 5.69 Å². The highest BCUT2D eigenvalue weighted by Gasteiger charge is 2.11. The highest BCUT2D eigenvalue weighted by Crippen LogP contribution is 2.07. The smallest absolute Gasteiger partial charge is 0.0753 e. The van der Waals surface area contributed by atoms with Crippen molar-refractivity contribution in [2.24, 2.45) is 0 Å². The molecular formula is C10H17N3OS. The van der Waals surface area contributed by atoms with Crippen LogP contribution >= 0.6 is 0 Å². The highest BCUT2D eigenvalue weighted by molar-refractivity contribution is 7.84. The van der Waals surface area contributed by atoms with Crippen LogP contribution in [-0.2, 0) is 10.8 Å². The van der Waals surface area contributed by atoms with E-state index in [-0.39, 0.29) is 12.1 Å². The van der Waals surface area contributed by atoms with Crippen molar-refractivity contribution < 1.29 is 4.21 Å². The molecule has 0 radical (unpaired) electrons. The van der Waals surface area contributed by atoms with E-state index >= 15 is 0 Å². The van der Waals surface area contributed by atoms with Crippen molar-refractivity contribution >= 4 is 10.8 Å². The zero-order valence-electron chi connectivity index (χ0n) is 9.30. The SMILES string of the molecule is CC(CS(C)=O)NC(C)c1cnccn1. The highest BCUT2D eigenvalue weighted by atomic mass is 32.2.